The summed E-state index contributed by atoms with van der Waals surface area (Å²) in [5.41, 5.74) is 4.79. The highest BCUT2D eigenvalue weighted by Gasteiger charge is 2.10. The molecule has 0 atom stereocenters. The molecule has 0 fully saturated rings. The number of nitrogens with zero attached hydrogens (tertiary/aromatic N) is 2. The van der Waals surface area contributed by atoms with E-state index in [-0.39, 0.29) is 0 Å². The van der Waals surface area contributed by atoms with Gasteiger partial charge in [-0.1, -0.05) is 24.3 Å². The van der Waals surface area contributed by atoms with Crippen molar-refractivity contribution in [3.63, 3.8) is 0 Å². The van der Waals surface area contributed by atoms with E-state index in [0.717, 1.165) is 12.2 Å². The van der Waals surface area contributed by atoms with Gasteiger partial charge in [0.1, 0.15) is 0 Å². The maximum Gasteiger partial charge on any atom is 0.0970 e. The zero-order valence-corrected chi connectivity index (χ0v) is 9.99. The summed E-state index contributed by atoms with van der Waals surface area (Å²) in [7, 11) is 3.91. The molecule has 1 aromatic carbocycles. The lowest BCUT2D eigenvalue weighted by Gasteiger charge is -2.04. The van der Waals surface area contributed by atoms with Crippen molar-refractivity contribution < 1.29 is 0 Å². The van der Waals surface area contributed by atoms with Crippen LogP contribution in [0.25, 0.3) is 11.3 Å². The van der Waals surface area contributed by atoms with Crippen LogP contribution in [0.5, 0.6) is 0 Å². The third-order valence-electron chi connectivity index (χ3n) is 2.67. The summed E-state index contributed by atoms with van der Waals surface area (Å²) in [5.74, 6) is 0. The second kappa shape index (κ2) is 4.49. The molecule has 0 aliphatic heterocycles. The second-order valence-corrected chi connectivity index (χ2v) is 4.02. The van der Waals surface area contributed by atoms with E-state index < -0.39 is 0 Å². The molecule has 1 N–H and O–H groups in total. The van der Waals surface area contributed by atoms with Gasteiger partial charge in [-0.2, -0.15) is 5.10 Å². The summed E-state index contributed by atoms with van der Waals surface area (Å²) in [6.45, 7) is 2.96. The van der Waals surface area contributed by atoms with Gasteiger partial charge < -0.3 is 5.32 Å². The van der Waals surface area contributed by atoms with Gasteiger partial charge in [0.15, 0.2) is 0 Å². The van der Waals surface area contributed by atoms with Crippen molar-refractivity contribution in [2.24, 2.45) is 7.05 Å². The van der Waals surface area contributed by atoms with Gasteiger partial charge in [0.05, 0.1) is 5.69 Å². The first-order valence-corrected chi connectivity index (χ1v) is 5.45. The van der Waals surface area contributed by atoms with Crippen molar-refractivity contribution in [2.75, 3.05) is 7.05 Å². The Kier molecular flexibility index (Phi) is 3.06. The smallest absolute Gasteiger partial charge is 0.0970 e. The minimum absolute atomic E-state index is 0.845. The van der Waals surface area contributed by atoms with E-state index in [1.807, 2.05) is 18.8 Å². The Morgan fingerprint density at radius 1 is 1.31 bits per heavy atom. The topological polar surface area (TPSA) is 29.9 Å². The molecule has 0 aliphatic rings. The highest BCUT2D eigenvalue weighted by molar-refractivity contribution is 5.66. The molecule has 3 nitrogen and oxygen atoms in total. The average Bonchev–Trinajstić information content (AvgIpc) is 2.61. The van der Waals surface area contributed by atoms with Crippen LogP contribution < -0.4 is 5.32 Å². The molecule has 0 bridgehead atoms. The molecular weight excluding hydrogens is 198 g/mol. The van der Waals surface area contributed by atoms with Gasteiger partial charge in [0, 0.05) is 30.9 Å². The molecule has 2 aromatic rings. The van der Waals surface area contributed by atoms with E-state index >= 15 is 0 Å². The van der Waals surface area contributed by atoms with E-state index in [4.69, 9.17) is 0 Å². The Bertz CT molecular complexity index is 486. The molecule has 0 spiro atoms. The minimum atomic E-state index is 0.845. The van der Waals surface area contributed by atoms with Gasteiger partial charge in [-0.3, -0.25) is 4.68 Å². The standard InChI is InChI=1S/C13H17N3/c1-10-6-4-5-7-12(10)13-11(8-14-2)9-16(3)15-13/h4-7,9,14H,8H2,1-3H3. The number of hydrogen-bond donors (Lipinski definition) is 1. The summed E-state index contributed by atoms with van der Waals surface area (Å²) in [4.78, 5) is 0. The molecule has 16 heavy (non-hydrogen) atoms. The van der Waals surface area contributed by atoms with Gasteiger partial charge in [0.25, 0.3) is 0 Å². The Hall–Kier alpha value is -1.61. The molecule has 2 rings (SSSR count). The van der Waals surface area contributed by atoms with Crippen LogP contribution in [-0.4, -0.2) is 16.8 Å². The maximum absolute atomic E-state index is 4.54. The van der Waals surface area contributed by atoms with Crippen LogP contribution in [0.15, 0.2) is 30.5 Å². The molecule has 1 aromatic heterocycles. The van der Waals surface area contributed by atoms with Crippen LogP contribution in [0.3, 0.4) is 0 Å². The van der Waals surface area contributed by atoms with E-state index in [0.29, 0.717) is 0 Å². The number of aryl methyl sites for hydroxylation is 2. The monoisotopic (exact) mass is 215 g/mol. The molecule has 3 heteroatoms. The van der Waals surface area contributed by atoms with Gasteiger partial charge in [-0.25, -0.2) is 0 Å². The molecule has 0 saturated heterocycles. The minimum Gasteiger partial charge on any atom is -0.316 e. The van der Waals surface area contributed by atoms with Gasteiger partial charge in [-0.05, 0) is 19.5 Å². The average molecular weight is 215 g/mol. The number of rotatable bonds is 3. The fraction of sp³-hybridized carbons (Fsp3) is 0.308. The molecule has 84 valence electrons. The summed E-state index contributed by atoms with van der Waals surface area (Å²) in [6, 6.07) is 8.35. The third-order valence-corrected chi connectivity index (χ3v) is 2.67. The van der Waals surface area contributed by atoms with Crippen LogP contribution in [-0.2, 0) is 13.6 Å². The lowest BCUT2D eigenvalue weighted by molar-refractivity contribution is 0.765. The first kappa shape index (κ1) is 10.9. The summed E-state index contributed by atoms with van der Waals surface area (Å²) < 4.78 is 1.87. The normalized spacial score (nSPS) is 10.7. The van der Waals surface area contributed by atoms with Crippen molar-refractivity contribution in [3.8, 4) is 11.3 Å². The summed E-state index contributed by atoms with van der Waals surface area (Å²) in [6.07, 6.45) is 2.07. The highest BCUT2D eigenvalue weighted by Crippen LogP contribution is 2.24. The van der Waals surface area contributed by atoms with Crippen molar-refractivity contribution in [1.29, 1.82) is 0 Å². The number of nitrogens with one attached hydrogen (secondary N) is 1. The third kappa shape index (κ3) is 1.99. The summed E-state index contributed by atoms with van der Waals surface area (Å²) >= 11 is 0. The Balaban J connectivity index is 2.51. The molecule has 1 heterocycles. The van der Waals surface area contributed by atoms with E-state index in [1.165, 1.54) is 16.7 Å². The zero-order valence-electron chi connectivity index (χ0n) is 9.99. The number of benzene rings is 1. The molecule has 0 aliphatic carbocycles. The van der Waals surface area contributed by atoms with E-state index in [1.54, 1.807) is 0 Å². The lowest BCUT2D eigenvalue weighted by atomic mass is 10.0. The number of hydrogen-bond acceptors (Lipinski definition) is 2. The van der Waals surface area contributed by atoms with Crippen molar-refractivity contribution in [3.05, 3.63) is 41.6 Å². The highest BCUT2D eigenvalue weighted by atomic mass is 15.3. The first-order valence-electron chi connectivity index (χ1n) is 5.45. The van der Waals surface area contributed by atoms with Crippen LogP contribution in [0.1, 0.15) is 11.1 Å². The second-order valence-electron chi connectivity index (χ2n) is 4.02. The molecule has 0 amide bonds. The fourth-order valence-electron chi connectivity index (χ4n) is 1.92. The zero-order chi connectivity index (χ0) is 11.5. The van der Waals surface area contributed by atoms with Crippen LogP contribution in [0.2, 0.25) is 0 Å². The SMILES string of the molecule is CNCc1cn(C)nc1-c1ccccc1C. The predicted molar refractivity (Wildman–Crippen MR) is 66.1 cm³/mol. The Morgan fingerprint density at radius 3 is 2.75 bits per heavy atom. The van der Waals surface area contributed by atoms with E-state index in [9.17, 15) is 0 Å². The summed E-state index contributed by atoms with van der Waals surface area (Å²) in [5, 5.41) is 7.71. The van der Waals surface area contributed by atoms with Gasteiger partial charge in [-0.15, -0.1) is 0 Å². The Labute approximate surface area is 96.1 Å². The largest absolute Gasteiger partial charge is 0.316 e. The lowest BCUT2D eigenvalue weighted by Crippen LogP contribution is -2.05. The first-order chi connectivity index (χ1) is 7.72. The van der Waals surface area contributed by atoms with Crippen LogP contribution in [0, 0.1) is 6.92 Å². The van der Waals surface area contributed by atoms with Gasteiger partial charge in [0.2, 0.25) is 0 Å². The molecule has 0 radical (unpaired) electrons. The fourth-order valence-corrected chi connectivity index (χ4v) is 1.92. The molecular formula is C13H17N3. The Morgan fingerprint density at radius 2 is 2.06 bits per heavy atom. The van der Waals surface area contributed by atoms with E-state index in [2.05, 4.69) is 47.8 Å². The van der Waals surface area contributed by atoms with Crippen LogP contribution >= 0.6 is 0 Å². The maximum atomic E-state index is 4.54. The van der Waals surface area contributed by atoms with Crippen molar-refractivity contribution in [2.45, 2.75) is 13.5 Å². The molecule has 0 saturated carbocycles. The quantitative estimate of drug-likeness (QED) is 0.850. The van der Waals surface area contributed by atoms with Gasteiger partial charge >= 0.3 is 0 Å². The predicted octanol–water partition coefficient (Wildman–Crippen LogP) is 2.11. The van der Waals surface area contributed by atoms with Crippen LogP contribution in [0.4, 0.5) is 0 Å². The number of aromatic nitrogens is 2. The van der Waals surface area contributed by atoms with Crippen molar-refractivity contribution >= 4 is 0 Å². The molecule has 0 unspecified atom stereocenters. The van der Waals surface area contributed by atoms with Crippen molar-refractivity contribution in [1.82, 2.24) is 15.1 Å².